The molecule has 1 aromatic carbocycles. The van der Waals surface area contributed by atoms with Gasteiger partial charge in [-0.3, -0.25) is 0 Å². The van der Waals surface area contributed by atoms with Crippen molar-refractivity contribution in [1.29, 1.82) is 0 Å². The number of rotatable bonds is 6. The lowest BCUT2D eigenvalue weighted by Gasteiger charge is -2.35. The Morgan fingerprint density at radius 2 is 1.73 bits per heavy atom. The molecule has 0 saturated carbocycles. The lowest BCUT2D eigenvalue weighted by atomic mass is 9.92. The van der Waals surface area contributed by atoms with E-state index in [9.17, 15) is 5.11 Å². The Morgan fingerprint density at radius 3 is 2.27 bits per heavy atom. The monoisotopic (exact) mass is 305 g/mol. The van der Waals surface area contributed by atoms with Gasteiger partial charge in [0, 0.05) is 19.6 Å². The standard InChI is InChI=1S/C19H31NO2/c1-14(2)17-5-7-19(8-6-17)22-13-18(21)12-20-10-15(3)9-16(4)11-20/h5-8,14-16,18,21H,9-13H2,1-4H3/t15-,16-,18-/m0/s1. The molecule has 3 nitrogen and oxygen atoms in total. The van der Waals surface area contributed by atoms with Gasteiger partial charge in [-0.25, -0.2) is 0 Å². The van der Waals surface area contributed by atoms with Crippen molar-refractivity contribution in [3.63, 3.8) is 0 Å². The van der Waals surface area contributed by atoms with Gasteiger partial charge >= 0.3 is 0 Å². The second-order valence-corrected chi connectivity index (χ2v) is 7.35. The molecular weight excluding hydrogens is 274 g/mol. The third kappa shape index (κ3) is 5.29. The average molecular weight is 305 g/mol. The van der Waals surface area contributed by atoms with E-state index < -0.39 is 6.10 Å². The van der Waals surface area contributed by atoms with Crippen molar-refractivity contribution >= 4 is 0 Å². The van der Waals surface area contributed by atoms with E-state index >= 15 is 0 Å². The Morgan fingerprint density at radius 1 is 1.14 bits per heavy atom. The number of β-amino-alcohol motifs (C(OH)–C–C–N with tert-alkyl or cyclic N) is 1. The van der Waals surface area contributed by atoms with E-state index in [0.717, 1.165) is 30.7 Å². The second-order valence-electron chi connectivity index (χ2n) is 7.35. The van der Waals surface area contributed by atoms with Crippen LogP contribution in [-0.4, -0.2) is 42.4 Å². The predicted molar refractivity (Wildman–Crippen MR) is 91.4 cm³/mol. The van der Waals surface area contributed by atoms with Gasteiger partial charge in [0.1, 0.15) is 18.5 Å². The van der Waals surface area contributed by atoms with Crippen LogP contribution < -0.4 is 4.74 Å². The minimum absolute atomic E-state index is 0.361. The first-order chi connectivity index (χ1) is 10.4. The van der Waals surface area contributed by atoms with Crippen LogP contribution in [0.25, 0.3) is 0 Å². The molecule has 3 heteroatoms. The van der Waals surface area contributed by atoms with Crippen LogP contribution in [-0.2, 0) is 0 Å². The van der Waals surface area contributed by atoms with Crippen LogP contribution in [0.1, 0.15) is 45.6 Å². The number of hydrogen-bond acceptors (Lipinski definition) is 3. The second kappa shape index (κ2) is 7.98. The first-order valence-corrected chi connectivity index (χ1v) is 8.57. The topological polar surface area (TPSA) is 32.7 Å². The van der Waals surface area contributed by atoms with Gasteiger partial charge in [-0.2, -0.15) is 0 Å². The van der Waals surface area contributed by atoms with Crippen molar-refractivity contribution in [2.24, 2.45) is 11.8 Å². The highest BCUT2D eigenvalue weighted by Gasteiger charge is 2.23. The van der Waals surface area contributed by atoms with Crippen molar-refractivity contribution < 1.29 is 9.84 Å². The van der Waals surface area contributed by atoms with E-state index in [-0.39, 0.29) is 0 Å². The highest BCUT2D eigenvalue weighted by atomic mass is 16.5. The first kappa shape index (κ1) is 17.3. The van der Waals surface area contributed by atoms with E-state index in [1.165, 1.54) is 12.0 Å². The van der Waals surface area contributed by atoms with Crippen molar-refractivity contribution in [3.05, 3.63) is 29.8 Å². The van der Waals surface area contributed by atoms with E-state index in [1.54, 1.807) is 0 Å². The summed E-state index contributed by atoms with van der Waals surface area (Å²) in [6, 6.07) is 8.18. The lowest BCUT2D eigenvalue weighted by molar-refractivity contribution is 0.0429. The van der Waals surface area contributed by atoms with Gasteiger partial charge in [-0.15, -0.1) is 0 Å². The SMILES string of the molecule is CC(C)c1ccc(OC[C@@H](O)CN2C[C@@H](C)C[C@H](C)C2)cc1. The average Bonchev–Trinajstić information content (AvgIpc) is 2.44. The summed E-state index contributed by atoms with van der Waals surface area (Å²) in [4.78, 5) is 2.37. The molecule has 0 unspecified atom stereocenters. The van der Waals surface area contributed by atoms with Gasteiger partial charge in [0.25, 0.3) is 0 Å². The molecule has 1 aliphatic rings. The maximum Gasteiger partial charge on any atom is 0.119 e. The van der Waals surface area contributed by atoms with E-state index in [1.807, 2.05) is 12.1 Å². The summed E-state index contributed by atoms with van der Waals surface area (Å²) < 4.78 is 5.72. The lowest BCUT2D eigenvalue weighted by Crippen LogP contribution is -2.43. The maximum atomic E-state index is 10.2. The van der Waals surface area contributed by atoms with Crippen LogP contribution in [0.5, 0.6) is 5.75 Å². The number of nitrogens with zero attached hydrogens (tertiary/aromatic N) is 1. The highest BCUT2D eigenvalue weighted by molar-refractivity contribution is 5.28. The van der Waals surface area contributed by atoms with Gasteiger partial charge in [0.15, 0.2) is 0 Å². The van der Waals surface area contributed by atoms with Crippen molar-refractivity contribution in [3.8, 4) is 5.75 Å². The Balaban J connectivity index is 1.76. The van der Waals surface area contributed by atoms with E-state index in [4.69, 9.17) is 4.74 Å². The molecular formula is C19H31NO2. The summed E-state index contributed by atoms with van der Waals surface area (Å²) in [5.74, 6) is 2.81. The zero-order chi connectivity index (χ0) is 16.1. The number of aliphatic hydroxyl groups is 1. The van der Waals surface area contributed by atoms with Crippen LogP contribution in [0, 0.1) is 11.8 Å². The fourth-order valence-corrected chi connectivity index (χ4v) is 3.43. The number of hydrogen-bond donors (Lipinski definition) is 1. The minimum atomic E-state index is -0.428. The fourth-order valence-electron chi connectivity index (χ4n) is 3.43. The molecule has 124 valence electrons. The third-order valence-electron chi connectivity index (χ3n) is 4.40. The van der Waals surface area contributed by atoms with Gasteiger partial charge in [-0.1, -0.05) is 39.8 Å². The molecule has 22 heavy (non-hydrogen) atoms. The molecule has 0 aliphatic carbocycles. The molecule has 1 aromatic rings. The molecule has 0 aromatic heterocycles. The summed E-state index contributed by atoms with van der Waals surface area (Å²) in [7, 11) is 0. The molecule has 3 atom stereocenters. The maximum absolute atomic E-state index is 10.2. The molecule has 1 fully saturated rings. The molecule has 0 spiro atoms. The quantitative estimate of drug-likeness (QED) is 0.873. The molecule has 0 bridgehead atoms. The third-order valence-corrected chi connectivity index (χ3v) is 4.40. The molecule has 1 saturated heterocycles. The Hall–Kier alpha value is -1.06. The normalized spacial score (nSPS) is 24.5. The van der Waals surface area contributed by atoms with Gasteiger partial charge in [-0.05, 0) is 41.9 Å². The molecule has 1 aliphatic heterocycles. The van der Waals surface area contributed by atoms with E-state index in [2.05, 4.69) is 44.7 Å². The molecule has 1 heterocycles. The zero-order valence-corrected chi connectivity index (χ0v) is 14.5. The summed E-state index contributed by atoms with van der Waals surface area (Å²) in [5.41, 5.74) is 1.31. The Labute approximate surface area is 135 Å². The smallest absolute Gasteiger partial charge is 0.119 e. The number of likely N-dealkylation sites (tertiary alicyclic amines) is 1. The minimum Gasteiger partial charge on any atom is -0.491 e. The number of aliphatic hydroxyl groups excluding tert-OH is 1. The molecule has 1 N–H and O–H groups in total. The predicted octanol–water partition coefficient (Wildman–Crippen LogP) is 3.53. The van der Waals surface area contributed by atoms with Crippen molar-refractivity contribution in [1.82, 2.24) is 4.90 Å². The molecule has 0 radical (unpaired) electrons. The summed E-state index contributed by atoms with van der Waals surface area (Å²) in [6.45, 7) is 12.2. The van der Waals surface area contributed by atoms with Gasteiger partial charge < -0.3 is 14.7 Å². The molecule has 2 rings (SSSR count). The van der Waals surface area contributed by atoms with Crippen LogP contribution in [0.2, 0.25) is 0 Å². The summed E-state index contributed by atoms with van der Waals surface area (Å²) in [5, 5.41) is 10.2. The van der Waals surface area contributed by atoms with Crippen LogP contribution in [0.3, 0.4) is 0 Å². The van der Waals surface area contributed by atoms with Crippen LogP contribution >= 0.6 is 0 Å². The summed E-state index contributed by atoms with van der Waals surface area (Å²) >= 11 is 0. The Kier molecular flexibility index (Phi) is 6.27. The van der Waals surface area contributed by atoms with Crippen molar-refractivity contribution in [2.45, 2.75) is 46.1 Å². The van der Waals surface area contributed by atoms with Gasteiger partial charge in [0.05, 0.1) is 0 Å². The Bertz CT molecular complexity index is 433. The summed E-state index contributed by atoms with van der Waals surface area (Å²) in [6.07, 6.45) is 0.868. The number of piperidine rings is 1. The van der Waals surface area contributed by atoms with Gasteiger partial charge in [0.2, 0.25) is 0 Å². The first-order valence-electron chi connectivity index (χ1n) is 8.57. The molecule has 0 amide bonds. The van der Waals surface area contributed by atoms with Crippen LogP contribution in [0.15, 0.2) is 24.3 Å². The van der Waals surface area contributed by atoms with Crippen LogP contribution in [0.4, 0.5) is 0 Å². The zero-order valence-electron chi connectivity index (χ0n) is 14.5. The highest BCUT2D eigenvalue weighted by Crippen LogP contribution is 2.21. The largest absolute Gasteiger partial charge is 0.491 e. The van der Waals surface area contributed by atoms with E-state index in [0.29, 0.717) is 19.1 Å². The number of benzene rings is 1. The van der Waals surface area contributed by atoms with Crippen molar-refractivity contribution in [2.75, 3.05) is 26.2 Å². The number of ether oxygens (including phenoxy) is 1. The fraction of sp³-hybridized carbons (Fsp3) is 0.684.